The fourth-order valence-corrected chi connectivity index (χ4v) is 2.68. The zero-order chi connectivity index (χ0) is 13.8. The Balaban J connectivity index is 0. The van der Waals surface area contributed by atoms with Crippen LogP contribution in [-0.4, -0.2) is 11.2 Å². The van der Waals surface area contributed by atoms with Gasteiger partial charge in [-0.1, -0.05) is 52.9 Å². The summed E-state index contributed by atoms with van der Waals surface area (Å²) in [4.78, 5) is 0. The second-order valence-corrected chi connectivity index (χ2v) is 5.76. The predicted octanol–water partition coefficient (Wildman–Crippen LogP) is 2.38. The van der Waals surface area contributed by atoms with E-state index in [1.165, 1.54) is 44.9 Å². The minimum atomic E-state index is -0.0700. The van der Waals surface area contributed by atoms with Gasteiger partial charge in [0.25, 0.3) is 0 Å². The molecule has 0 aliphatic carbocycles. The molecule has 110 valence electrons. The van der Waals surface area contributed by atoms with Gasteiger partial charge in [0.05, 0.1) is 6.10 Å². The minimum Gasteiger partial charge on any atom is -0.393 e. The molecule has 2 heteroatoms. The van der Waals surface area contributed by atoms with Crippen molar-refractivity contribution in [3.05, 3.63) is 6.92 Å². The molecule has 0 spiro atoms. The second-order valence-electron chi connectivity index (χ2n) is 5.76. The summed E-state index contributed by atoms with van der Waals surface area (Å²) >= 11 is 0. The van der Waals surface area contributed by atoms with Crippen molar-refractivity contribution >= 4 is 0 Å². The average molecular weight is 278 g/mol. The molecule has 0 aliphatic rings. The van der Waals surface area contributed by atoms with E-state index in [1.807, 2.05) is 0 Å². The van der Waals surface area contributed by atoms with E-state index < -0.39 is 0 Å². The van der Waals surface area contributed by atoms with E-state index in [-0.39, 0.29) is 35.7 Å². The maximum Gasteiger partial charge on any atom is 1.00 e. The third-order valence-corrected chi connectivity index (χ3v) is 4.41. The van der Waals surface area contributed by atoms with Gasteiger partial charge in [0, 0.05) is 0 Å². The number of aliphatic hydroxyl groups is 1. The first-order chi connectivity index (χ1) is 8.67. The van der Waals surface area contributed by atoms with E-state index in [2.05, 4.69) is 27.7 Å². The van der Waals surface area contributed by atoms with E-state index in [0.717, 1.165) is 31.1 Å². The fourth-order valence-electron chi connectivity index (χ4n) is 2.68. The molecule has 19 heavy (non-hydrogen) atoms. The molecule has 0 aliphatic heterocycles. The van der Waals surface area contributed by atoms with Crippen molar-refractivity contribution in [2.45, 2.75) is 91.1 Å². The smallest absolute Gasteiger partial charge is 0.393 e. The summed E-state index contributed by atoms with van der Waals surface area (Å²) in [5.74, 6) is 1.61. The van der Waals surface area contributed by atoms with Crippen LogP contribution < -0.4 is 29.6 Å². The van der Waals surface area contributed by atoms with Gasteiger partial charge in [0.2, 0.25) is 0 Å². The summed E-state index contributed by atoms with van der Waals surface area (Å²) in [5.41, 5.74) is 0. The SMILES string of the molecule is [CH2-]CCCC(CC)CCC(O)CCC(CC)CC.[Na+]. The largest absolute Gasteiger partial charge is 1.00 e. The number of unbranched alkanes of at least 4 members (excludes halogenated alkanes) is 1. The van der Waals surface area contributed by atoms with Crippen LogP contribution in [0.4, 0.5) is 0 Å². The molecular formula is C17H35NaO. The summed E-state index contributed by atoms with van der Waals surface area (Å²) in [6, 6.07) is 0. The maximum atomic E-state index is 10.0. The van der Waals surface area contributed by atoms with Gasteiger partial charge < -0.3 is 12.0 Å². The Labute approximate surface area is 144 Å². The summed E-state index contributed by atoms with van der Waals surface area (Å²) in [6.45, 7) is 10.7. The molecule has 2 atom stereocenters. The Morgan fingerprint density at radius 2 is 1.26 bits per heavy atom. The van der Waals surface area contributed by atoms with Gasteiger partial charge in [0.15, 0.2) is 0 Å². The van der Waals surface area contributed by atoms with Crippen LogP contribution in [0.3, 0.4) is 0 Å². The zero-order valence-corrected chi connectivity index (χ0v) is 16.0. The number of rotatable bonds is 12. The maximum absolute atomic E-state index is 10.0. The Morgan fingerprint density at radius 1 is 0.789 bits per heavy atom. The molecule has 0 heterocycles. The molecule has 2 unspecified atom stereocenters. The van der Waals surface area contributed by atoms with Gasteiger partial charge in [0.1, 0.15) is 0 Å². The van der Waals surface area contributed by atoms with E-state index in [0.29, 0.717) is 0 Å². The van der Waals surface area contributed by atoms with E-state index in [4.69, 9.17) is 0 Å². The minimum absolute atomic E-state index is 0. The quantitative estimate of drug-likeness (QED) is 0.429. The number of hydrogen-bond donors (Lipinski definition) is 1. The number of hydrogen-bond acceptors (Lipinski definition) is 1. The molecule has 0 saturated carbocycles. The van der Waals surface area contributed by atoms with Crippen LogP contribution in [0.1, 0.15) is 85.0 Å². The van der Waals surface area contributed by atoms with Crippen LogP contribution in [0, 0.1) is 18.8 Å². The van der Waals surface area contributed by atoms with E-state index in [1.54, 1.807) is 0 Å². The summed E-state index contributed by atoms with van der Waals surface area (Å²) in [5, 5.41) is 10.0. The fraction of sp³-hybridized carbons (Fsp3) is 0.941. The molecule has 0 amide bonds. The molecule has 0 aromatic rings. The van der Waals surface area contributed by atoms with Crippen molar-refractivity contribution in [1.29, 1.82) is 0 Å². The van der Waals surface area contributed by atoms with Crippen LogP contribution >= 0.6 is 0 Å². The van der Waals surface area contributed by atoms with Crippen molar-refractivity contribution in [3.63, 3.8) is 0 Å². The van der Waals surface area contributed by atoms with E-state index in [9.17, 15) is 5.11 Å². The van der Waals surface area contributed by atoms with Gasteiger partial charge >= 0.3 is 29.6 Å². The molecule has 0 rings (SSSR count). The third kappa shape index (κ3) is 12.4. The zero-order valence-electron chi connectivity index (χ0n) is 14.0. The molecule has 0 aromatic heterocycles. The standard InChI is InChI=1S/C17H35O.Na/c1-5-9-10-16(8-4)12-14-17(18)13-11-15(6-2)7-3;/h15-18H,1,5-14H2,2-4H3;/q-1;+1. The first kappa shape index (κ1) is 22.2. The summed E-state index contributed by atoms with van der Waals surface area (Å²) in [6.07, 6.45) is 11.7. The first-order valence-electron chi connectivity index (χ1n) is 8.15. The van der Waals surface area contributed by atoms with Gasteiger partial charge in [-0.15, -0.1) is 0 Å². The van der Waals surface area contributed by atoms with Crippen LogP contribution in [0.5, 0.6) is 0 Å². The Hall–Kier alpha value is 0.960. The van der Waals surface area contributed by atoms with Crippen molar-refractivity contribution in [2.24, 2.45) is 11.8 Å². The monoisotopic (exact) mass is 278 g/mol. The van der Waals surface area contributed by atoms with Crippen molar-refractivity contribution < 1.29 is 34.7 Å². The molecular weight excluding hydrogens is 243 g/mol. The molecule has 0 fully saturated rings. The molecule has 0 saturated heterocycles. The Bertz CT molecular complexity index is 169. The van der Waals surface area contributed by atoms with Crippen molar-refractivity contribution in [2.75, 3.05) is 0 Å². The van der Waals surface area contributed by atoms with Gasteiger partial charge in [-0.25, -0.2) is 0 Å². The molecule has 0 bridgehead atoms. The third-order valence-electron chi connectivity index (χ3n) is 4.41. The van der Waals surface area contributed by atoms with Crippen molar-refractivity contribution in [1.82, 2.24) is 0 Å². The number of aliphatic hydroxyl groups excluding tert-OH is 1. The van der Waals surface area contributed by atoms with Crippen LogP contribution in [-0.2, 0) is 0 Å². The molecule has 1 nitrogen and oxygen atoms in total. The Morgan fingerprint density at radius 3 is 1.68 bits per heavy atom. The van der Waals surface area contributed by atoms with Crippen LogP contribution in [0.15, 0.2) is 0 Å². The molecule has 0 aromatic carbocycles. The summed E-state index contributed by atoms with van der Waals surface area (Å²) < 4.78 is 0. The summed E-state index contributed by atoms with van der Waals surface area (Å²) in [7, 11) is 0. The van der Waals surface area contributed by atoms with Gasteiger partial charge in [-0.2, -0.15) is 6.42 Å². The van der Waals surface area contributed by atoms with Gasteiger partial charge in [-0.05, 0) is 37.5 Å². The molecule has 0 radical (unpaired) electrons. The van der Waals surface area contributed by atoms with Crippen molar-refractivity contribution in [3.8, 4) is 0 Å². The second kappa shape index (κ2) is 15.4. The predicted molar refractivity (Wildman–Crippen MR) is 81.5 cm³/mol. The van der Waals surface area contributed by atoms with Crippen LogP contribution in [0.2, 0.25) is 0 Å². The van der Waals surface area contributed by atoms with Crippen LogP contribution in [0.25, 0.3) is 0 Å². The van der Waals surface area contributed by atoms with E-state index >= 15 is 0 Å². The average Bonchev–Trinajstić information content (AvgIpc) is 2.40. The molecule has 1 N–H and O–H groups in total. The Kier molecular flexibility index (Phi) is 18.0. The first-order valence-corrected chi connectivity index (χ1v) is 8.15. The topological polar surface area (TPSA) is 20.2 Å². The normalized spacial score (nSPS) is 14.2. The van der Waals surface area contributed by atoms with Gasteiger partial charge in [-0.3, -0.25) is 0 Å².